The van der Waals surface area contributed by atoms with Crippen LogP contribution in [0.3, 0.4) is 0 Å². The minimum absolute atomic E-state index is 0.0750. The first-order chi connectivity index (χ1) is 7.77. The maximum Gasteiger partial charge on any atom is 0.257 e. The topological polar surface area (TPSA) is 88.0 Å². The van der Waals surface area contributed by atoms with Gasteiger partial charge in [-0.3, -0.25) is 9.59 Å². The van der Waals surface area contributed by atoms with Crippen molar-refractivity contribution in [3.8, 4) is 0 Å². The van der Waals surface area contributed by atoms with E-state index < -0.39 is 5.91 Å². The van der Waals surface area contributed by atoms with Gasteiger partial charge in [0.25, 0.3) is 5.91 Å². The number of H-pyrrole nitrogens is 1. The van der Waals surface area contributed by atoms with E-state index in [0.29, 0.717) is 5.69 Å². The fourth-order valence-electron chi connectivity index (χ4n) is 1.19. The van der Waals surface area contributed by atoms with Crippen LogP contribution < -0.4 is 10.7 Å². The summed E-state index contributed by atoms with van der Waals surface area (Å²) in [5.74, 6) is -0.440. The quantitative estimate of drug-likeness (QED) is 0.776. The van der Waals surface area contributed by atoms with Crippen molar-refractivity contribution in [1.29, 1.82) is 0 Å². The molecule has 6 nitrogen and oxygen atoms in total. The number of pyridine rings is 1. The Labute approximate surface area is 90.3 Å². The van der Waals surface area contributed by atoms with Crippen LogP contribution in [0.25, 0.3) is 0 Å². The summed E-state index contributed by atoms with van der Waals surface area (Å²) in [7, 11) is 0. The molecule has 0 radical (unpaired) electrons. The van der Waals surface area contributed by atoms with Crippen molar-refractivity contribution in [2.45, 2.75) is 6.54 Å². The summed E-state index contributed by atoms with van der Waals surface area (Å²) >= 11 is 0. The van der Waals surface area contributed by atoms with Crippen molar-refractivity contribution in [3.05, 3.63) is 52.3 Å². The van der Waals surface area contributed by atoms with Crippen molar-refractivity contribution in [2.75, 3.05) is 0 Å². The van der Waals surface area contributed by atoms with Crippen molar-refractivity contribution in [3.63, 3.8) is 0 Å². The first kappa shape index (κ1) is 10.2. The molecule has 0 spiro atoms. The van der Waals surface area contributed by atoms with Crippen LogP contribution in [-0.4, -0.2) is 16.0 Å². The molecule has 6 heteroatoms. The lowest BCUT2D eigenvalue weighted by Crippen LogP contribution is -2.28. The van der Waals surface area contributed by atoms with Crippen molar-refractivity contribution in [2.24, 2.45) is 0 Å². The van der Waals surface area contributed by atoms with E-state index in [-0.39, 0.29) is 17.5 Å². The number of aromatic nitrogens is 2. The number of hydrogen-bond acceptors (Lipinski definition) is 4. The molecule has 82 valence electrons. The van der Waals surface area contributed by atoms with Crippen LogP contribution in [0.5, 0.6) is 0 Å². The number of nitrogens with one attached hydrogen (secondary N) is 2. The summed E-state index contributed by atoms with van der Waals surface area (Å²) in [6, 6.07) is 2.93. The van der Waals surface area contributed by atoms with Crippen LogP contribution >= 0.6 is 0 Å². The molecule has 0 saturated heterocycles. The molecule has 2 aromatic rings. The lowest BCUT2D eigenvalue weighted by atomic mass is 10.2. The van der Waals surface area contributed by atoms with E-state index in [2.05, 4.69) is 20.0 Å². The summed E-state index contributed by atoms with van der Waals surface area (Å²) in [6.45, 7) is 0.226. The number of amides is 1. The maximum atomic E-state index is 11.6. The lowest BCUT2D eigenvalue weighted by molar-refractivity contribution is 0.0948. The zero-order chi connectivity index (χ0) is 11.4. The zero-order valence-corrected chi connectivity index (χ0v) is 8.27. The summed E-state index contributed by atoms with van der Waals surface area (Å²) in [5.41, 5.74) is 0.350. The fourth-order valence-corrected chi connectivity index (χ4v) is 1.19. The molecule has 0 fully saturated rings. The summed E-state index contributed by atoms with van der Waals surface area (Å²) < 4.78 is 4.61. The fraction of sp³-hybridized carbons (Fsp3) is 0.100. The monoisotopic (exact) mass is 219 g/mol. The molecule has 0 aliphatic rings. The van der Waals surface area contributed by atoms with Gasteiger partial charge in [-0.1, -0.05) is 5.16 Å². The molecule has 0 atom stereocenters. The van der Waals surface area contributed by atoms with Crippen LogP contribution in [-0.2, 0) is 6.54 Å². The molecule has 1 amide bonds. The summed E-state index contributed by atoms with van der Waals surface area (Å²) in [5, 5.41) is 6.19. The van der Waals surface area contributed by atoms with E-state index in [9.17, 15) is 9.59 Å². The Kier molecular flexibility index (Phi) is 2.81. The molecule has 0 saturated carbocycles. The van der Waals surface area contributed by atoms with Crippen molar-refractivity contribution in [1.82, 2.24) is 15.5 Å². The highest BCUT2D eigenvalue weighted by Gasteiger charge is 2.09. The Morgan fingerprint density at radius 2 is 2.38 bits per heavy atom. The number of carbonyl (C=O) groups excluding carboxylic acids is 1. The molecule has 0 aliphatic carbocycles. The van der Waals surface area contributed by atoms with Crippen LogP contribution in [0.1, 0.15) is 16.1 Å². The number of carbonyl (C=O) groups is 1. The molecule has 2 rings (SSSR count). The lowest BCUT2D eigenvalue weighted by Gasteiger charge is -2.01. The molecule has 16 heavy (non-hydrogen) atoms. The van der Waals surface area contributed by atoms with Gasteiger partial charge in [0, 0.05) is 24.5 Å². The largest absolute Gasteiger partial charge is 0.367 e. The molecule has 2 heterocycles. The van der Waals surface area contributed by atoms with Gasteiger partial charge in [0.05, 0.1) is 6.54 Å². The second-order valence-corrected chi connectivity index (χ2v) is 3.10. The molecule has 2 N–H and O–H groups in total. The highest BCUT2D eigenvalue weighted by molar-refractivity contribution is 5.93. The van der Waals surface area contributed by atoms with Gasteiger partial charge in [-0.15, -0.1) is 0 Å². The van der Waals surface area contributed by atoms with Gasteiger partial charge >= 0.3 is 0 Å². The third kappa shape index (κ3) is 2.17. The van der Waals surface area contributed by atoms with Gasteiger partial charge in [0.15, 0.2) is 5.43 Å². The van der Waals surface area contributed by atoms with Gasteiger partial charge in [0.1, 0.15) is 17.5 Å². The minimum Gasteiger partial charge on any atom is -0.367 e. The first-order valence-electron chi connectivity index (χ1n) is 4.62. The Morgan fingerprint density at radius 3 is 3.06 bits per heavy atom. The molecule has 0 aromatic carbocycles. The second-order valence-electron chi connectivity index (χ2n) is 3.10. The normalized spacial score (nSPS) is 10.0. The molecular weight excluding hydrogens is 210 g/mol. The molecule has 0 aliphatic heterocycles. The van der Waals surface area contributed by atoms with Gasteiger partial charge < -0.3 is 14.8 Å². The van der Waals surface area contributed by atoms with Gasteiger partial charge in [-0.05, 0) is 0 Å². The van der Waals surface area contributed by atoms with E-state index in [1.54, 1.807) is 6.07 Å². The van der Waals surface area contributed by atoms with Crippen LogP contribution in [0, 0.1) is 0 Å². The smallest absolute Gasteiger partial charge is 0.257 e. The Hall–Kier alpha value is -2.37. The van der Waals surface area contributed by atoms with Crippen LogP contribution in [0.15, 0.2) is 40.1 Å². The van der Waals surface area contributed by atoms with Crippen molar-refractivity contribution >= 4 is 5.91 Å². The number of aromatic amines is 1. The van der Waals surface area contributed by atoms with E-state index in [0.717, 1.165) is 0 Å². The third-order valence-corrected chi connectivity index (χ3v) is 1.99. The Bertz CT molecular complexity index is 530. The average molecular weight is 219 g/mol. The Morgan fingerprint density at radius 1 is 1.50 bits per heavy atom. The van der Waals surface area contributed by atoms with Gasteiger partial charge in [-0.25, -0.2) is 0 Å². The number of hydrogen-bond donors (Lipinski definition) is 2. The van der Waals surface area contributed by atoms with Gasteiger partial charge in [0.2, 0.25) is 0 Å². The average Bonchev–Trinajstić information content (AvgIpc) is 2.79. The third-order valence-electron chi connectivity index (χ3n) is 1.99. The van der Waals surface area contributed by atoms with Crippen LogP contribution in [0.2, 0.25) is 0 Å². The molecule has 0 bridgehead atoms. The van der Waals surface area contributed by atoms with E-state index in [1.807, 2.05) is 0 Å². The van der Waals surface area contributed by atoms with E-state index in [4.69, 9.17) is 0 Å². The predicted octanol–water partition coefficient (Wildman–Crippen LogP) is 0.293. The minimum atomic E-state index is -0.440. The summed E-state index contributed by atoms with van der Waals surface area (Å²) in [4.78, 5) is 25.6. The number of nitrogens with zero attached hydrogens (tertiary/aromatic N) is 1. The second kappa shape index (κ2) is 4.43. The van der Waals surface area contributed by atoms with Crippen molar-refractivity contribution < 1.29 is 9.32 Å². The highest BCUT2D eigenvalue weighted by Crippen LogP contribution is 1.94. The molecular formula is C10H9N3O3. The Balaban J connectivity index is 2.04. The number of rotatable bonds is 3. The maximum absolute atomic E-state index is 11.6. The van der Waals surface area contributed by atoms with E-state index >= 15 is 0 Å². The predicted molar refractivity (Wildman–Crippen MR) is 54.7 cm³/mol. The van der Waals surface area contributed by atoms with Crippen LogP contribution in [0.4, 0.5) is 0 Å². The molecule has 0 unspecified atom stereocenters. The molecule has 2 aromatic heterocycles. The first-order valence-corrected chi connectivity index (χ1v) is 4.62. The van der Waals surface area contributed by atoms with E-state index in [1.165, 1.54) is 24.7 Å². The highest BCUT2D eigenvalue weighted by atomic mass is 16.5. The van der Waals surface area contributed by atoms with Gasteiger partial charge in [-0.2, -0.15) is 0 Å². The SMILES string of the molecule is O=C(NCc1ccon1)c1c[nH]ccc1=O. The summed E-state index contributed by atoms with van der Waals surface area (Å²) in [6.07, 6.45) is 4.24. The zero-order valence-electron chi connectivity index (χ0n) is 8.27. The standard InChI is InChI=1S/C10H9N3O3/c14-9-1-3-11-6-8(9)10(15)12-5-7-2-4-16-13-7/h1-4,6H,5H2,(H,11,14)(H,12,15).